The van der Waals surface area contributed by atoms with Crippen molar-refractivity contribution < 1.29 is 9.90 Å². The van der Waals surface area contributed by atoms with Crippen LogP contribution in [0.15, 0.2) is 11.7 Å². The number of aryl methyl sites for hydroxylation is 1. The molecule has 0 fully saturated rings. The Morgan fingerprint density at radius 3 is 2.82 bits per heavy atom. The van der Waals surface area contributed by atoms with Crippen LogP contribution < -0.4 is 5.32 Å². The number of hydrogen-bond donors (Lipinski definition) is 2. The van der Waals surface area contributed by atoms with E-state index < -0.39 is 11.5 Å². The minimum atomic E-state index is -1.06. The molecular formula is C11H13N3O2S. The lowest BCUT2D eigenvalue weighted by atomic mass is 10.1. The van der Waals surface area contributed by atoms with Crippen molar-refractivity contribution in [1.82, 2.24) is 9.97 Å². The van der Waals surface area contributed by atoms with Crippen LogP contribution in [0.5, 0.6) is 0 Å². The Bertz CT molecular complexity index is 577. The van der Waals surface area contributed by atoms with E-state index in [1.807, 2.05) is 12.3 Å². The van der Waals surface area contributed by atoms with Crippen molar-refractivity contribution in [2.24, 2.45) is 0 Å². The van der Waals surface area contributed by atoms with E-state index in [1.165, 1.54) is 17.7 Å². The molecule has 0 spiro atoms. The molecule has 0 amide bonds. The molecule has 2 aromatic heterocycles. The molecule has 6 heteroatoms. The predicted octanol–water partition coefficient (Wildman–Crippen LogP) is 2.27. The Morgan fingerprint density at radius 1 is 1.47 bits per heavy atom. The lowest BCUT2D eigenvalue weighted by Crippen LogP contribution is -2.40. The van der Waals surface area contributed by atoms with Crippen molar-refractivity contribution >= 4 is 33.3 Å². The standard InChI is InChI=1S/C11H13N3O2S/c1-6-4-17-8-7(6)12-5-13-9(8)14-11(2,3)10(15)16/h4-5H,1-3H3,(H,15,16)(H,12,13,14). The van der Waals surface area contributed by atoms with Gasteiger partial charge in [0.1, 0.15) is 17.7 Å². The molecule has 0 unspecified atom stereocenters. The van der Waals surface area contributed by atoms with Gasteiger partial charge in [-0.05, 0) is 31.7 Å². The summed E-state index contributed by atoms with van der Waals surface area (Å²) < 4.78 is 0.888. The zero-order valence-corrected chi connectivity index (χ0v) is 10.6. The Balaban J connectivity index is 2.46. The molecule has 0 aromatic carbocycles. The maximum absolute atomic E-state index is 11.1. The van der Waals surface area contributed by atoms with Crippen molar-refractivity contribution in [2.75, 3.05) is 5.32 Å². The summed E-state index contributed by atoms with van der Waals surface area (Å²) >= 11 is 1.51. The van der Waals surface area contributed by atoms with Crippen LogP contribution in [-0.4, -0.2) is 26.6 Å². The van der Waals surface area contributed by atoms with Gasteiger partial charge in [-0.2, -0.15) is 0 Å². The highest BCUT2D eigenvalue weighted by atomic mass is 32.1. The van der Waals surface area contributed by atoms with E-state index in [-0.39, 0.29) is 0 Å². The van der Waals surface area contributed by atoms with Crippen LogP contribution in [0.1, 0.15) is 19.4 Å². The number of hydrogen-bond acceptors (Lipinski definition) is 5. The monoisotopic (exact) mass is 251 g/mol. The molecule has 2 rings (SSSR count). The zero-order valence-electron chi connectivity index (χ0n) is 9.81. The Labute approximate surface area is 103 Å². The van der Waals surface area contributed by atoms with E-state index in [0.717, 1.165) is 15.8 Å². The fourth-order valence-electron chi connectivity index (χ4n) is 1.41. The van der Waals surface area contributed by atoms with Crippen molar-refractivity contribution in [3.63, 3.8) is 0 Å². The molecule has 0 atom stereocenters. The first kappa shape index (κ1) is 11.8. The molecule has 0 bridgehead atoms. The molecule has 2 heterocycles. The number of nitrogens with one attached hydrogen (secondary N) is 1. The number of carboxylic acid groups (broad SMARTS) is 1. The van der Waals surface area contributed by atoms with Gasteiger partial charge in [-0.1, -0.05) is 0 Å². The van der Waals surface area contributed by atoms with Gasteiger partial charge in [-0.25, -0.2) is 14.8 Å². The molecule has 0 aliphatic heterocycles. The van der Waals surface area contributed by atoms with Gasteiger partial charge in [0.05, 0.1) is 10.2 Å². The van der Waals surface area contributed by atoms with E-state index in [4.69, 9.17) is 5.11 Å². The van der Waals surface area contributed by atoms with E-state index in [0.29, 0.717) is 5.82 Å². The fourth-order valence-corrected chi connectivity index (χ4v) is 2.35. The molecule has 2 N–H and O–H groups in total. The average Bonchev–Trinajstić information content (AvgIpc) is 2.61. The second kappa shape index (κ2) is 3.96. The van der Waals surface area contributed by atoms with E-state index >= 15 is 0 Å². The van der Waals surface area contributed by atoms with Gasteiger partial charge in [0, 0.05) is 0 Å². The number of fused-ring (bicyclic) bond motifs is 1. The maximum Gasteiger partial charge on any atom is 0.328 e. The van der Waals surface area contributed by atoms with Crippen molar-refractivity contribution in [2.45, 2.75) is 26.3 Å². The number of rotatable bonds is 3. The molecule has 90 valence electrons. The summed E-state index contributed by atoms with van der Waals surface area (Å²) in [5, 5.41) is 14.0. The Morgan fingerprint density at radius 2 is 2.18 bits per heavy atom. The first-order valence-corrected chi connectivity index (χ1v) is 6.00. The summed E-state index contributed by atoms with van der Waals surface area (Å²) in [4.78, 5) is 19.4. The third-order valence-electron chi connectivity index (χ3n) is 2.50. The lowest BCUT2D eigenvalue weighted by Gasteiger charge is -2.21. The summed E-state index contributed by atoms with van der Waals surface area (Å²) in [5.41, 5.74) is 0.886. The van der Waals surface area contributed by atoms with Crippen LogP contribution in [0.4, 0.5) is 5.82 Å². The highest BCUT2D eigenvalue weighted by Gasteiger charge is 2.28. The van der Waals surface area contributed by atoms with Crippen LogP contribution in [0, 0.1) is 6.92 Å². The number of anilines is 1. The number of carbonyl (C=O) groups is 1. The highest BCUT2D eigenvalue weighted by Crippen LogP contribution is 2.29. The van der Waals surface area contributed by atoms with E-state index in [9.17, 15) is 4.79 Å². The second-order valence-electron chi connectivity index (χ2n) is 4.37. The summed E-state index contributed by atoms with van der Waals surface area (Å²) in [7, 11) is 0. The molecule has 0 aliphatic rings. The first-order valence-electron chi connectivity index (χ1n) is 5.12. The topological polar surface area (TPSA) is 75.1 Å². The smallest absolute Gasteiger partial charge is 0.328 e. The summed E-state index contributed by atoms with van der Waals surface area (Å²) in [5.74, 6) is -0.349. The number of thiophene rings is 1. The van der Waals surface area contributed by atoms with Crippen LogP contribution >= 0.6 is 11.3 Å². The lowest BCUT2D eigenvalue weighted by molar-refractivity contribution is -0.141. The third kappa shape index (κ3) is 2.08. The zero-order chi connectivity index (χ0) is 12.6. The molecule has 0 saturated heterocycles. The predicted molar refractivity (Wildman–Crippen MR) is 67.5 cm³/mol. The van der Waals surface area contributed by atoms with Crippen LogP contribution in [0.2, 0.25) is 0 Å². The largest absolute Gasteiger partial charge is 0.480 e. The third-order valence-corrected chi connectivity index (χ3v) is 3.59. The van der Waals surface area contributed by atoms with Gasteiger partial charge < -0.3 is 10.4 Å². The molecule has 17 heavy (non-hydrogen) atoms. The normalized spacial score (nSPS) is 11.7. The molecule has 5 nitrogen and oxygen atoms in total. The summed E-state index contributed by atoms with van der Waals surface area (Å²) in [6.45, 7) is 5.17. The molecular weight excluding hydrogens is 238 g/mol. The molecule has 0 aliphatic carbocycles. The van der Waals surface area contributed by atoms with Crippen molar-refractivity contribution in [3.05, 3.63) is 17.3 Å². The number of aliphatic carboxylic acids is 1. The molecule has 0 saturated carbocycles. The van der Waals surface area contributed by atoms with Crippen LogP contribution in [-0.2, 0) is 4.79 Å². The van der Waals surface area contributed by atoms with E-state index in [1.54, 1.807) is 13.8 Å². The van der Waals surface area contributed by atoms with E-state index in [2.05, 4.69) is 15.3 Å². The minimum absolute atomic E-state index is 0.570. The SMILES string of the molecule is Cc1csc2c(NC(C)(C)C(=O)O)ncnc12. The van der Waals surface area contributed by atoms with Crippen LogP contribution in [0.25, 0.3) is 10.2 Å². The summed E-state index contributed by atoms with van der Waals surface area (Å²) in [6.07, 6.45) is 1.45. The fraction of sp³-hybridized carbons (Fsp3) is 0.364. The van der Waals surface area contributed by atoms with Gasteiger partial charge in [0.15, 0.2) is 0 Å². The number of carboxylic acids is 1. The first-order chi connectivity index (χ1) is 7.92. The quantitative estimate of drug-likeness (QED) is 0.875. The molecule has 2 aromatic rings. The Hall–Kier alpha value is -1.69. The molecule has 0 radical (unpaired) electrons. The Kier molecular flexibility index (Phi) is 2.74. The maximum atomic E-state index is 11.1. The summed E-state index contributed by atoms with van der Waals surface area (Å²) in [6, 6.07) is 0. The number of nitrogens with zero attached hydrogens (tertiary/aromatic N) is 2. The van der Waals surface area contributed by atoms with Crippen molar-refractivity contribution in [1.29, 1.82) is 0 Å². The van der Waals surface area contributed by atoms with Gasteiger partial charge in [0.2, 0.25) is 0 Å². The van der Waals surface area contributed by atoms with Crippen LogP contribution in [0.3, 0.4) is 0 Å². The van der Waals surface area contributed by atoms with Gasteiger partial charge in [0.25, 0.3) is 0 Å². The van der Waals surface area contributed by atoms with Gasteiger partial charge in [-0.3, -0.25) is 0 Å². The van der Waals surface area contributed by atoms with Crippen molar-refractivity contribution in [3.8, 4) is 0 Å². The van der Waals surface area contributed by atoms with Gasteiger partial charge >= 0.3 is 5.97 Å². The van der Waals surface area contributed by atoms with Gasteiger partial charge in [-0.15, -0.1) is 11.3 Å². The second-order valence-corrected chi connectivity index (χ2v) is 5.25. The minimum Gasteiger partial charge on any atom is -0.480 e. The highest BCUT2D eigenvalue weighted by molar-refractivity contribution is 7.18. The number of aromatic nitrogens is 2. The average molecular weight is 251 g/mol.